The molecule has 0 aliphatic rings. The van der Waals surface area contributed by atoms with Crippen LogP contribution in [0.25, 0.3) is 0 Å². The molecular weight excluding hydrogens is 362 g/mol. The fourth-order valence-electron chi connectivity index (χ4n) is 2.23. The fraction of sp³-hybridized carbons (Fsp3) is 0.333. The van der Waals surface area contributed by atoms with Crippen molar-refractivity contribution in [3.8, 4) is 5.75 Å². The lowest BCUT2D eigenvalue weighted by Gasteiger charge is -2.09. The number of hydrogen-bond donors (Lipinski definition) is 1. The molecule has 0 heterocycles. The van der Waals surface area contributed by atoms with Crippen molar-refractivity contribution in [2.45, 2.75) is 25.2 Å². The number of ether oxygens (including phenoxy) is 2. The van der Waals surface area contributed by atoms with Gasteiger partial charge in [-0.25, -0.2) is 0 Å². The van der Waals surface area contributed by atoms with E-state index in [0.717, 1.165) is 22.0 Å². The second-order valence-corrected chi connectivity index (χ2v) is 7.20. The summed E-state index contributed by atoms with van der Waals surface area (Å²) in [4.78, 5) is 24.6. The summed E-state index contributed by atoms with van der Waals surface area (Å²) in [7, 11) is 0. The Bertz CT molecular complexity index is 746. The normalized spacial score (nSPS) is 10.3. The number of benzene rings is 2. The van der Waals surface area contributed by atoms with Gasteiger partial charge in [0, 0.05) is 17.2 Å². The average Bonchev–Trinajstić information content (AvgIpc) is 2.66. The van der Waals surface area contributed by atoms with Crippen LogP contribution >= 0.6 is 11.8 Å². The molecular formula is C21H25NO4S. The summed E-state index contributed by atoms with van der Waals surface area (Å²) in [6.07, 6.45) is 0.102. The summed E-state index contributed by atoms with van der Waals surface area (Å²) < 4.78 is 10.5. The lowest BCUT2D eigenvalue weighted by atomic mass is 10.2. The predicted molar refractivity (Wildman–Crippen MR) is 107 cm³/mol. The van der Waals surface area contributed by atoms with E-state index in [0.29, 0.717) is 6.54 Å². The van der Waals surface area contributed by atoms with E-state index < -0.39 is 5.97 Å². The molecule has 27 heavy (non-hydrogen) atoms. The van der Waals surface area contributed by atoms with Crippen LogP contribution in [0.15, 0.2) is 53.4 Å². The minimum atomic E-state index is -0.451. The van der Waals surface area contributed by atoms with Crippen LogP contribution in [0.5, 0.6) is 5.75 Å². The molecule has 0 saturated heterocycles. The van der Waals surface area contributed by atoms with Crippen LogP contribution in [0.1, 0.15) is 17.5 Å². The number of thioether (sulfide) groups is 1. The van der Waals surface area contributed by atoms with E-state index in [2.05, 4.69) is 29.6 Å². The van der Waals surface area contributed by atoms with Gasteiger partial charge in [-0.1, -0.05) is 35.9 Å². The molecule has 6 heteroatoms. The van der Waals surface area contributed by atoms with Gasteiger partial charge < -0.3 is 14.8 Å². The van der Waals surface area contributed by atoms with Crippen molar-refractivity contribution in [3.05, 3.63) is 59.7 Å². The number of carbonyl (C=O) groups excluding carboxylic acids is 2. The van der Waals surface area contributed by atoms with E-state index in [1.807, 2.05) is 38.1 Å². The van der Waals surface area contributed by atoms with Crippen LogP contribution in [-0.4, -0.2) is 37.4 Å². The summed E-state index contributed by atoms with van der Waals surface area (Å²) in [6.45, 7) is 4.46. The van der Waals surface area contributed by atoms with E-state index >= 15 is 0 Å². The third-order valence-corrected chi connectivity index (χ3v) is 4.75. The van der Waals surface area contributed by atoms with Crippen LogP contribution in [0, 0.1) is 13.8 Å². The highest BCUT2D eigenvalue weighted by Gasteiger charge is 2.08. The van der Waals surface area contributed by atoms with Crippen molar-refractivity contribution in [1.29, 1.82) is 0 Å². The van der Waals surface area contributed by atoms with Gasteiger partial charge >= 0.3 is 5.97 Å². The molecule has 144 valence electrons. The summed E-state index contributed by atoms with van der Waals surface area (Å²) in [5.41, 5.74) is 2.23. The molecule has 1 amide bonds. The van der Waals surface area contributed by atoms with Crippen LogP contribution in [-0.2, 0) is 14.3 Å². The molecule has 0 unspecified atom stereocenters. The van der Waals surface area contributed by atoms with E-state index in [4.69, 9.17) is 9.47 Å². The second kappa shape index (κ2) is 11.3. The first-order valence-corrected chi connectivity index (χ1v) is 9.83. The molecule has 0 aromatic heterocycles. The summed E-state index contributed by atoms with van der Waals surface area (Å²) in [5.74, 6) is 0.752. The van der Waals surface area contributed by atoms with Crippen molar-refractivity contribution in [1.82, 2.24) is 5.32 Å². The highest BCUT2D eigenvalue weighted by Crippen LogP contribution is 2.17. The van der Waals surface area contributed by atoms with Crippen molar-refractivity contribution >= 4 is 23.6 Å². The minimum absolute atomic E-state index is 0.102. The molecule has 0 fully saturated rings. The number of aryl methyl sites for hydroxylation is 2. The van der Waals surface area contributed by atoms with Crippen LogP contribution in [0.2, 0.25) is 0 Å². The monoisotopic (exact) mass is 387 g/mol. The molecule has 1 N–H and O–H groups in total. The molecule has 0 bridgehead atoms. The minimum Gasteiger partial charge on any atom is -0.493 e. The maximum Gasteiger partial charge on any atom is 0.309 e. The number of nitrogens with one attached hydrogen (secondary N) is 1. The van der Waals surface area contributed by atoms with Crippen LogP contribution in [0.4, 0.5) is 0 Å². The Morgan fingerprint density at radius 3 is 2.52 bits per heavy atom. The predicted octanol–water partition coefficient (Wildman–Crippen LogP) is 3.52. The van der Waals surface area contributed by atoms with Gasteiger partial charge in [-0.3, -0.25) is 9.59 Å². The molecule has 2 aromatic rings. The maximum absolute atomic E-state index is 11.7. The number of amides is 1. The van der Waals surface area contributed by atoms with Crippen molar-refractivity contribution < 1.29 is 19.1 Å². The van der Waals surface area contributed by atoms with Gasteiger partial charge in [0.2, 0.25) is 0 Å². The number of rotatable bonds is 10. The SMILES string of the molecule is Cc1ccc(SCCNC(=O)COC(=O)CCOc2ccccc2C)cc1. The zero-order valence-electron chi connectivity index (χ0n) is 15.7. The maximum atomic E-state index is 11.7. The molecule has 0 saturated carbocycles. The Hall–Kier alpha value is -2.47. The van der Waals surface area contributed by atoms with E-state index in [-0.39, 0.29) is 25.5 Å². The first-order chi connectivity index (χ1) is 13.0. The third-order valence-electron chi connectivity index (χ3n) is 3.74. The first-order valence-electron chi connectivity index (χ1n) is 8.85. The van der Waals surface area contributed by atoms with E-state index in [1.54, 1.807) is 11.8 Å². The van der Waals surface area contributed by atoms with E-state index in [9.17, 15) is 9.59 Å². The van der Waals surface area contributed by atoms with E-state index in [1.165, 1.54) is 5.56 Å². The van der Waals surface area contributed by atoms with Crippen molar-refractivity contribution in [3.63, 3.8) is 0 Å². The summed E-state index contributed by atoms with van der Waals surface area (Å²) >= 11 is 1.67. The van der Waals surface area contributed by atoms with Gasteiger partial charge in [-0.05, 0) is 37.6 Å². The van der Waals surface area contributed by atoms with Crippen molar-refractivity contribution in [2.24, 2.45) is 0 Å². The topological polar surface area (TPSA) is 64.6 Å². The zero-order valence-corrected chi connectivity index (χ0v) is 16.5. The third kappa shape index (κ3) is 8.17. The molecule has 5 nitrogen and oxygen atoms in total. The van der Waals surface area contributed by atoms with Gasteiger partial charge in [0.15, 0.2) is 6.61 Å². The molecule has 0 atom stereocenters. The summed E-state index contributed by atoms with van der Waals surface area (Å²) in [6, 6.07) is 15.8. The second-order valence-electron chi connectivity index (χ2n) is 6.04. The first kappa shape index (κ1) is 20.8. The van der Waals surface area contributed by atoms with Gasteiger partial charge in [0.1, 0.15) is 5.75 Å². The zero-order chi connectivity index (χ0) is 19.5. The highest BCUT2D eigenvalue weighted by molar-refractivity contribution is 7.99. The summed E-state index contributed by atoms with van der Waals surface area (Å²) in [5, 5.41) is 2.74. The Balaban J connectivity index is 1.53. The molecule has 2 rings (SSSR count). The number of esters is 1. The Morgan fingerprint density at radius 1 is 1.04 bits per heavy atom. The Labute approximate surface area is 164 Å². The van der Waals surface area contributed by atoms with Crippen molar-refractivity contribution in [2.75, 3.05) is 25.5 Å². The van der Waals surface area contributed by atoms with Gasteiger partial charge in [0.25, 0.3) is 5.91 Å². The Morgan fingerprint density at radius 2 is 1.78 bits per heavy atom. The number of hydrogen-bond acceptors (Lipinski definition) is 5. The Kier molecular flexibility index (Phi) is 8.71. The molecule has 0 aliphatic carbocycles. The van der Waals surface area contributed by atoms with Gasteiger partial charge in [-0.15, -0.1) is 11.8 Å². The average molecular weight is 388 g/mol. The lowest BCUT2D eigenvalue weighted by molar-refractivity contribution is -0.149. The molecule has 0 aliphatic heterocycles. The molecule has 2 aromatic carbocycles. The highest BCUT2D eigenvalue weighted by atomic mass is 32.2. The molecule has 0 radical (unpaired) electrons. The molecule has 0 spiro atoms. The number of para-hydroxylation sites is 1. The van der Waals surface area contributed by atoms with Crippen LogP contribution < -0.4 is 10.1 Å². The van der Waals surface area contributed by atoms with Gasteiger partial charge in [0.05, 0.1) is 13.0 Å². The standard InChI is InChI=1S/C21H25NO4S/c1-16-7-9-18(10-8-16)27-14-12-22-20(23)15-26-21(24)11-13-25-19-6-4-3-5-17(19)2/h3-10H,11-15H2,1-2H3,(H,22,23). The lowest BCUT2D eigenvalue weighted by Crippen LogP contribution is -2.30. The fourth-order valence-corrected chi connectivity index (χ4v) is 2.99. The van der Waals surface area contributed by atoms with Crippen LogP contribution in [0.3, 0.4) is 0 Å². The quantitative estimate of drug-likeness (QED) is 0.384. The van der Waals surface area contributed by atoms with Gasteiger partial charge in [-0.2, -0.15) is 0 Å². The smallest absolute Gasteiger partial charge is 0.309 e. The number of carbonyl (C=O) groups is 2. The largest absolute Gasteiger partial charge is 0.493 e.